The lowest BCUT2D eigenvalue weighted by atomic mass is 10.1. The molecule has 3 nitrogen and oxygen atoms in total. The summed E-state index contributed by atoms with van der Waals surface area (Å²) in [6, 6.07) is 0.0882. The van der Waals surface area contributed by atoms with E-state index in [0.717, 1.165) is 12.2 Å². The molecule has 1 unspecified atom stereocenters. The zero-order chi connectivity index (χ0) is 9.30. The van der Waals surface area contributed by atoms with E-state index in [1.165, 1.54) is 11.3 Å². The highest BCUT2D eigenvalue weighted by molar-refractivity contribution is 5.85. The van der Waals surface area contributed by atoms with Crippen LogP contribution in [0.2, 0.25) is 0 Å². The van der Waals surface area contributed by atoms with Crippen LogP contribution in [0.15, 0.2) is 0 Å². The van der Waals surface area contributed by atoms with Crippen LogP contribution in [0.5, 0.6) is 0 Å². The summed E-state index contributed by atoms with van der Waals surface area (Å²) in [7, 11) is 0. The summed E-state index contributed by atoms with van der Waals surface area (Å²) in [5.74, 6) is 0. The van der Waals surface area contributed by atoms with Gasteiger partial charge >= 0.3 is 0 Å². The number of rotatable bonds is 2. The van der Waals surface area contributed by atoms with Gasteiger partial charge in [0.05, 0.1) is 5.69 Å². The van der Waals surface area contributed by atoms with Crippen molar-refractivity contribution in [1.82, 2.24) is 9.78 Å². The first-order chi connectivity index (χ1) is 5.57. The summed E-state index contributed by atoms with van der Waals surface area (Å²) < 4.78 is 1.99. The van der Waals surface area contributed by atoms with Gasteiger partial charge in [0.25, 0.3) is 0 Å². The van der Waals surface area contributed by atoms with Gasteiger partial charge in [-0.25, -0.2) is 0 Å². The van der Waals surface area contributed by atoms with Gasteiger partial charge in [0.15, 0.2) is 0 Å². The molecule has 1 aromatic rings. The zero-order valence-electron chi connectivity index (χ0n) is 9.07. The maximum Gasteiger partial charge on any atom is 0.0644 e. The van der Waals surface area contributed by atoms with Crippen LogP contribution in [0.1, 0.15) is 36.8 Å². The van der Waals surface area contributed by atoms with Crippen LogP contribution in [-0.2, 0) is 6.54 Å². The average Bonchev–Trinajstić information content (AvgIpc) is 2.25. The number of aryl methyl sites for hydroxylation is 2. The molecule has 0 aromatic carbocycles. The van der Waals surface area contributed by atoms with Crippen molar-refractivity contribution in [2.75, 3.05) is 0 Å². The average molecular weight is 240 g/mol. The number of nitrogens with two attached hydrogens (primary N) is 1. The largest absolute Gasteiger partial charge is 0.324 e. The lowest BCUT2D eigenvalue weighted by molar-refractivity contribution is 0.632. The molecule has 14 heavy (non-hydrogen) atoms. The lowest BCUT2D eigenvalue weighted by Gasteiger charge is -2.05. The summed E-state index contributed by atoms with van der Waals surface area (Å²) in [4.78, 5) is 0. The molecule has 0 saturated carbocycles. The molecule has 84 valence electrons. The predicted octanol–water partition coefficient (Wildman–Crippen LogP) is 2.38. The van der Waals surface area contributed by atoms with Gasteiger partial charge in [-0.1, -0.05) is 0 Å². The van der Waals surface area contributed by atoms with Crippen LogP contribution in [0.25, 0.3) is 0 Å². The molecule has 1 heterocycles. The Kier molecular flexibility index (Phi) is 7.26. The van der Waals surface area contributed by atoms with E-state index in [-0.39, 0.29) is 30.9 Å². The standard InChI is InChI=1S/C9H17N3.2ClH/c1-5-12-8(4)9(6(2)10)7(3)11-12;;/h6H,5,10H2,1-4H3;2*1H. The minimum atomic E-state index is 0. The monoisotopic (exact) mass is 239 g/mol. The van der Waals surface area contributed by atoms with Crippen molar-refractivity contribution in [3.05, 3.63) is 17.0 Å². The zero-order valence-corrected chi connectivity index (χ0v) is 10.7. The molecule has 0 bridgehead atoms. The van der Waals surface area contributed by atoms with Gasteiger partial charge in [-0.15, -0.1) is 24.8 Å². The van der Waals surface area contributed by atoms with Gasteiger partial charge in [-0.3, -0.25) is 4.68 Å². The van der Waals surface area contributed by atoms with Crippen molar-refractivity contribution in [2.45, 2.75) is 40.3 Å². The van der Waals surface area contributed by atoms with Crippen molar-refractivity contribution in [3.8, 4) is 0 Å². The second kappa shape index (κ2) is 6.27. The molecule has 1 aromatic heterocycles. The van der Waals surface area contributed by atoms with Gasteiger partial charge < -0.3 is 5.73 Å². The quantitative estimate of drug-likeness (QED) is 0.862. The van der Waals surface area contributed by atoms with E-state index in [0.29, 0.717) is 0 Å². The summed E-state index contributed by atoms with van der Waals surface area (Å²) in [5.41, 5.74) is 9.28. The Balaban J connectivity index is 0. The Hall–Kier alpha value is -0.250. The lowest BCUT2D eigenvalue weighted by Crippen LogP contribution is -2.08. The van der Waals surface area contributed by atoms with Gasteiger partial charge in [0, 0.05) is 23.8 Å². The third kappa shape index (κ3) is 2.87. The maximum absolute atomic E-state index is 5.83. The Labute approximate surface area is 97.9 Å². The Bertz CT molecular complexity index is 282. The van der Waals surface area contributed by atoms with Crippen molar-refractivity contribution < 1.29 is 0 Å². The van der Waals surface area contributed by atoms with Crippen LogP contribution < -0.4 is 5.73 Å². The fourth-order valence-corrected chi connectivity index (χ4v) is 1.68. The Morgan fingerprint density at radius 1 is 1.36 bits per heavy atom. The van der Waals surface area contributed by atoms with E-state index in [1.807, 2.05) is 18.5 Å². The topological polar surface area (TPSA) is 43.8 Å². The molecule has 0 aliphatic carbocycles. The predicted molar refractivity (Wildman–Crippen MR) is 64.5 cm³/mol. The first-order valence-corrected chi connectivity index (χ1v) is 4.37. The minimum absolute atomic E-state index is 0. The molecule has 1 rings (SSSR count). The van der Waals surface area contributed by atoms with Gasteiger partial charge in [-0.05, 0) is 27.7 Å². The highest BCUT2D eigenvalue weighted by Gasteiger charge is 2.12. The van der Waals surface area contributed by atoms with Crippen molar-refractivity contribution >= 4 is 24.8 Å². The third-order valence-electron chi connectivity index (χ3n) is 2.19. The summed E-state index contributed by atoms with van der Waals surface area (Å²) >= 11 is 0. The van der Waals surface area contributed by atoms with Gasteiger partial charge in [-0.2, -0.15) is 5.10 Å². The second-order valence-electron chi connectivity index (χ2n) is 3.19. The Morgan fingerprint density at radius 3 is 2.07 bits per heavy atom. The van der Waals surface area contributed by atoms with Crippen LogP contribution in [-0.4, -0.2) is 9.78 Å². The first-order valence-electron chi connectivity index (χ1n) is 4.37. The molecule has 0 fully saturated rings. The van der Waals surface area contributed by atoms with E-state index in [2.05, 4.69) is 18.9 Å². The van der Waals surface area contributed by atoms with Crippen LogP contribution in [0.3, 0.4) is 0 Å². The number of aromatic nitrogens is 2. The molecule has 0 amide bonds. The summed E-state index contributed by atoms with van der Waals surface area (Å²) in [6.45, 7) is 9.08. The summed E-state index contributed by atoms with van der Waals surface area (Å²) in [6.07, 6.45) is 0. The fourth-order valence-electron chi connectivity index (χ4n) is 1.68. The second-order valence-corrected chi connectivity index (χ2v) is 3.19. The maximum atomic E-state index is 5.83. The number of hydrogen-bond donors (Lipinski definition) is 1. The smallest absolute Gasteiger partial charge is 0.0644 e. The molecular formula is C9H19Cl2N3. The first kappa shape index (κ1) is 16.2. The Morgan fingerprint density at radius 2 is 1.86 bits per heavy atom. The molecule has 0 saturated heterocycles. The normalized spacial score (nSPS) is 11.5. The van der Waals surface area contributed by atoms with Crippen LogP contribution in [0, 0.1) is 13.8 Å². The molecule has 0 aliphatic heterocycles. The number of hydrogen-bond acceptors (Lipinski definition) is 2. The van der Waals surface area contributed by atoms with E-state index in [4.69, 9.17) is 5.73 Å². The molecule has 0 radical (unpaired) electrons. The van der Waals surface area contributed by atoms with Gasteiger partial charge in [0.1, 0.15) is 0 Å². The molecule has 1 atom stereocenters. The molecule has 0 aliphatic rings. The molecule has 5 heteroatoms. The highest BCUT2D eigenvalue weighted by Crippen LogP contribution is 2.18. The number of nitrogens with zero attached hydrogens (tertiary/aromatic N) is 2. The summed E-state index contributed by atoms with van der Waals surface area (Å²) in [5, 5.41) is 4.39. The minimum Gasteiger partial charge on any atom is -0.324 e. The van der Waals surface area contributed by atoms with Crippen molar-refractivity contribution in [2.24, 2.45) is 5.73 Å². The molecule has 2 N–H and O–H groups in total. The number of halogens is 2. The van der Waals surface area contributed by atoms with E-state index in [9.17, 15) is 0 Å². The fraction of sp³-hybridized carbons (Fsp3) is 0.667. The van der Waals surface area contributed by atoms with Crippen LogP contribution in [0.4, 0.5) is 0 Å². The van der Waals surface area contributed by atoms with E-state index >= 15 is 0 Å². The molecule has 0 spiro atoms. The van der Waals surface area contributed by atoms with E-state index in [1.54, 1.807) is 0 Å². The van der Waals surface area contributed by atoms with E-state index < -0.39 is 0 Å². The highest BCUT2D eigenvalue weighted by atomic mass is 35.5. The molecular weight excluding hydrogens is 221 g/mol. The van der Waals surface area contributed by atoms with Gasteiger partial charge in [0.2, 0.25) is 0 Å². The SMILES string of the molecule is CCn1nc(C)c(C(C)N)c1C.Cl.Cl. The van der Waals surface area contributed by atoms with Crippen molar-refractivity contribution in [3.63, 3.8) is 0 Å². The van der Waals surface area contributed by atoms with Crippen LogP contribution >= 0.6 is 24.8 Å². The van der Waals surface area contributed by atoms with Crippen molar-refractivity contribution in [1.29, 1.82) is 0 Å². The third-order valence-corrected chi connectivity index (χ3v) is 2.19.